The average Bonchev–Trinajstić information content (AvgIpc) is 2.17. The van der Waals surface area contributed by atoms with Crippen molar-refractivity contribution in [2.45, 2.75) is 41.5 Å². The van der Waals surface area contributed by atoms with Gasteiger partial charge in [0.25, 0.3) is 0 Å². The average molecular weight is 210 g/mol. The molecule has 86 valence electrons. The second-order valence-corrected chi connectivity index (χ2v) is 4.35. The van der Waals surface area contributed by atoms with Crippen molar-refractivity contribution in [2.75, 3.05) is 6.61 Å². The van der Waals surface area contributed by atoms with Crippen LogP contribution in [0.3, 0.4) is 0 Å². The zero-order valence-corrected chi connectivity index (χ0v) is 10.7. The van der Waals surface area contributed by atoms with Crippen molar-refractivity contribution in [3.05, 3.63) is 18.1 Å². The maximum atomic E-state index is 5.48. The molecule has 1 aromatic rings. The Bertz CT molecular complexity index is 279. The summed E-state index contributed by atoms with van der Waals surface area (Å²) in [6.07, 6.45) is 3.35. The first kappa shape index (κ1) is 13.9. The number of nitrogens with zero attached hydrogens (tertiary/aromatic N) is 2. The predicted molar refractivity (Wildman–Crippen MR) is 63.1 cm³/mol. The lowest BCUT2D eigenvalue weighted by atomic mass is 9.99. The van der Waals surface area contributed by atoms with Crippen molar-refractivity contribution in [1.29, 1.82) is 0 Å². The Balaban J connectivity index is 0.000000921. The van der Waals surface area contributed by atoms with Crippen LogP contribution in [0.1, 0.15) is 40.3 Å². The van der Waals surface area contributed by atoms with E-state index < -0.39 is 0 Å². The third-order valence-electron chi connectivity index (χ3n) is 1.39. The summed E-state index contributed by atoms with van der Waals surface area (Å²) in [5.74, 6) is 0.606. The van der Waals surface area contributed by atoms with Crippen LogP contribution in [-0.2, 0) is 0 Å². The van der Waals surface area contributed by atoms with Crippen molar-refractivity contribution in [3.8, 4) is 5.88 Å². The van der Waals surface area contributed by atoms with Crippen molar-refractivity contribution < 1.29 is 4.74 Å². The van der Waals surface area contributed by atoms with E-state index in [1.165, 1.54) is 0 Å². The molecule has 0 N–H and O–H groups in total. The molecule has 0 unspecified atom stereocenters. The Morgan fingerprint density at radius 3 is 2.27 bits per heavy atom. The standard InChI is InChI=1S/C10H16N2O.C2H6/c1-8-5-11-6-9(12-8)13-7-10(2,3)4;1-2/h5-6H,7H2,1-4H3;1-2H3. The van der Waals surface area contributed by atoms with Gasteiger partial charge in [0, 0.05) is 6.20 Å². The highest BCUT2D eigenvalue weighted by Crippen LogP contribution is 2.15. The predicted octanol–water partition coefficient (Wildman–Crippen LogP) is 3.24. The molecule has 0 fully saturated rings. The van der Waals surface area contributed by atoms with Crippen LogP contribution in [0.15, 0.2) is 12.4 Å². The minimum Gasteiger partial charge on any atom is -0.476 e. The molecule has 0 spiro atoms. The number of aryl methyl sites for hydroxylation is 1. The van der Waals surface area contributed by atoms with E-state index in [1.54, 1.807) is 12.4 Å². The number of hydrogen-bond acceptors (Lipinski definition) is 3. The van der Waals surface area contributed by atoms with Gasteiger partial charge < -0.3 is 4.74 Å². The molecular weight excluding hydrogens is 188 g/mol. The molecule has 3 nitrogen and oxygen atoms in total. The maximum absolute atomic E-state index is 5.48. The van der Waals surface area contributed by atoms with Gasteiger partial charge in [-0.15, -0.1) is 0 Å². The van der Waals surface area contributed by atoms with Gasteiger partial charge in [0.1, 0.15) is 0 Å². The van der Waals surface area contributed by atoms with Crippen LogP contribution in [0.25, 0.3) is 0 Å². The fraction of sp³-hybridized carbons (Fsp3) is 0.667. The molecule has 0 amide bonds. The lowest BCUT2D eigenvalue weighted by Gasteiger charge is -2.17. The summed E-state index contributed by atoms with van der Waals surface area (Å²) in [4.78, 5) is 8.19. The van der Waals surface area contributed by atoms with Crippen LogP contribution in [0, 0.1) is 12.3 Å². The second kappa shape index (κ2) is 6.38. The number of ether oxygens (including phenoxy) is 1. The topological polar surface area (TPSA) is 35.0 Å². The summed E-state index contributed by atoms with van der Waals surface area (Å²) in [6, 6.07) is 0. The highest BCUT2D eigenvalue weighted by molar-refractivity contribution is 5.06. The Morgan fingerprint density at radius 1 is 1.20 bits per heavy atom. The first-order valence-electron chi connectivity index (χ1n) is 5.39. The highest BCUT2D eigenvalue weighted by atomic mass is 16.5. The minimum absolute atomic E-state index is 0.158. The van der Waals surface area contributed by atoms with Crippen LogP contribution in [0.5, 0.6) is 5.88 Å². The van der Waals surface area contributed by atoms with Gasteiger partial charge >= 0.3 is 0 Å². The van der Waals surface area contributed by atoms with Crippen molar-refractivity contribution >= 4 is 0 Å². The van der Waals surface area contributed by atoms with Crippen LogP contribution >= 0.6 is 0 Å². The molecule has 1 heterocycles. The van der Waals surface area contributed by atoms with Gasteiger partial charge in [-0.3, -0.25) is 4.98 Å². The lowest BCUT2D eigenvalue weighted by Crippen LogP contribution is -2.17. The van der Waals surface area contributed by atoms with E-state index >= 15 is 0 Å². The third kappa shape index (κ3) is 6.89. The van der Waals surface area contributed by atoms with Crippen LogP contribution in [0.2, 0.25) is 0 Å². The zero-order chi connectivity index (χ0) is 11.9. The van der Waals surface area contributed by atoms with E-state index in [4.69, 9.17) is 4.74 Å². The van der Waals surface area contributed by atoms with Crippen LogP contribution in [0.4, 0.5) is 0 Å². The van der Waals surface area contributed by atoms with Gasteiger partial charge in [0.05, 0.1) is 18.5 Å². The van der Waals surface area contributed by atoms with E-state index in [0.29, 0.717) is 12.5 Å². The molecular formula is C12H22N2O. The van der Waals surface area contributed by atoms with E-state index in [0.717, 1.165) is 5.69 Å². The summed E-state index contributed by atoms with van der Waals surface area (Å²) >= 11 is 0. The molecule has 0 aliphatic heterocycles. The van der Waals surface area contributed by atoms with Crippen molar-refractivity contribution in [3.63, 3.8) is 0 Å². The molecule has 0 aliphatic rings. The molecule has 0 saturated carbocycles. The van der Waals surface area contributed by atoms with Gasteiger partial charge in [-0.05, 0) is 12.3 Å². The smallest absolute Gasteiger partial charge is 0.232 e. The molecule has 1 rings (SSSR count). The molecule has 3 heteroatoms. The molecule has 0 aliphatic carbocycles. The molecule has 15 heavy (non-hydrogen) atoms. The maximum Gasteiger partial charge on any atom is 0.232 e. The fourth-order valence-corrected chi connectivity index (χ4v) is 0.800. The van der Waals surface area contributed by atoms with Crippen molar-refractivity contribution in [1.82, 2.24) is 9.97 Å². The molecule has 0 bridgehead atoms. The number of hydrogen-bond donors (Lipinski definition) is 0. The van der Waals surface area contributed by atoms with Gasteiger partial charge in [0.15, 0.2) is 0 Å². The summed E-state index contributed by atoms with van der Waals surface area (Å²) in [5, 5.41) is 0. The molecule has 1 aromatic heterocycles. The summed E-state index contributed by atoms with van der Waals surface area (Å²) in [7, 11) is 0. The van der Waals surface area contributed by atoms with Gasteiger partial charge in [-0.2, -0.15) is 0 Å². The number of aromatic nitrogens is 2. The normalized spacial score (nSPS) is 10.3. The number of rotatable bonds is 2. The van der Waals surface area contributed by atoms with Gasteiger partial charge in [-0.25, -0.2) is 4.98 Å². The van der Waals surface area contributed by atoms with E-state index in [-0.39, 0.29) is 5.41 Å². The second-order valence-electron chi connectivity index (χ2n) is 4.35. The molecule has 0 saturated heterocycles. The Hall–Kier alpha value is -1.12. The van der Waals surface area contributed by atoms with E-state index in [2.05, 4.69) is 30.7 Å². The first-order valence-corrected chi connectivity index (χ1v) is 5.39. The molecule has 0 radical (unpaired) electrons. The lowest BCUT2D eigenvalue weighted by molar-refractivity contribution is 0.190. The van der Waals surface area contributed by atoms with Crippen molar-refractivity contribution in [2.24, 2.45) is 5.41 Å². The van der Waals surface area contributed by atoms with Gasteiger partial charge in [-0.1, -0.05) is 34.6 Å². The van der Waals surface area contributed by atoms with E-state index in [1.807, 2.05) is 20.8 Å². The Kier molecular flexibility index (Phi) is 5.90. The summed E-state index contributed by atoms with van der Waals surface area (Å²) in [6.45, 7) is 12.9. The Morgan fingerprint density at radius 2 is 1.80 bits per heavy atom. The minimum atomic E-state index is 0.158. The first-order chi connectivity index (χ1) is 6.97. The zero-order valence-electron chi connectivity index (χ0n) is 10.7. The SMILES string of the molecule is CC.Cc1cncc(OCC(C)(C)C)n1. The van der Waals surface area contributed by atoms with Gasteiger partial charge in [0.2, 0.25) is 5.88 Å². The highest BCUT2D eigenvalue weighted by Gasteiger charge is 2.11. The monoisotopic (exact) mass is 210 g/mol. The summed E-state index contributed by atoms with van der Waals surface area (Å²) < 4.78 is 5.48. The van der Waals surface area contributed by atoms with Crippen LogP contribution in [-0.4, -0.2) is 16.6 Å². The van der Waals surface area contributed by atoms with E-state index in [9.17, 15) is 0 Å². The fourth-order valence-electron chi connectivity index (χ4n) is 0.800. The Labute approximate surface area is 92.9 Å². The molecule has 0 aromatic carbocycles. The quantitative estimate of drug-likeness (QED) is 0.751. The summed E-state index contributed by atoms with van der Waals surface area (Å²) in [5.41, 5.74) is 1.04. The van der Waals surface area contributed by atoms with Crippen LogP contribution < -0.4 is 4.74 Å². The molecule has 0 atom stereocenters. The third-order valence-corrected chi connectivity index (χ3v) is 1.39. The largest absolute Gasteiger partial charge is 0.476 e.